The Morgan fingerprint density at radius 1 is 1.45 bits per heavy atom. The van der Waals surface area contributed by atoms with Crippen molar-refractivity contribution in [3.05, 3.63) is 0 Å². The molecule has 0 aromatic rings. The lowest BCUT2D eigenvalue weighted by Gasteiger charge is -2.32. The molecule has 1 rings (SSSR count). The van der Waals surface area contributed by atoms with Crippen molar-refractivity contribution in [1.29, 1.82) is 0 Å². The second kappa shape index (κ2) is 7.66. The fourth-order valence-corrected chi connectivity index (χ4v) is 1.88. The lowest BCUT2D eigenvalue weighted by Crippen LogP contribution is -2.49. The third-order valence-corrected chi connectivity index (χ3v) is 3.09. The Balaban J connectivity index is 2.35. The van der Waals surface area contributed by atoms with Gasteiger partial charge in [-0.1, -0.05) is 46.5 Å². The molecule has 20 heavy (non-hydrogen) atoms. The summed E-state index contributed by atoms with van der Waals surface area (Å²) in [6.07, 6.45) is 0.0656. The molecule has 4 heteroatoms. The molecule has 1 aliphatic rings. The number of nitrogens with zero attached hydrogens (tertiary/aromatic N) is 1. The number of rotatable bonds is 3. The minimum absolute atomic E-state index is 0.0656. The summed E-state index contributed by atoms with van der Waals surface area (Å²) in [6.45, 7) is 13.7. The van der Waals surface area contributed by atoms with E-state index in [2.05, 4.69) is 35.9 Å². The van der Waals surface area contributed by atoms with Crippen LogP contribution in [0.3, 0.4) is 0 Å². The Labute approximate surface area is 123 Å². The van der Waals surface area contributed by atoms with Gasteiger partial charge in [0.15, 0.2) is 0 Å². The topological polar surface area (TPSA) is 41.6 Å². The van der Waals surface area contributed by atoms with Gasteiger partial charge in [0, 0.05) is 31.0 Å². The van der Waals surface area contributed by atoms with Crippen LogP contribution < -0.4 is 5.32 Å². The van der Waals surface area contributed by atoms with E-state index in [1.165, 1.54) is 0 Å². The van der Waals surface area contributed by atoms with Gasteiger partial charge < -0.3 is 10.1 Å². The number of morpholine rings is 1. The van der Waals surface area contributed by atoms with Gasteiger partial charge in [0.25, 0.3) is 0 Å². The first kappa shape index (κ1) is 17.0. The third kappa shape index (κ3) is 6.40. The minimum Gasteiger partial charge on any atom is -0.374 e. The van der Waals surface area contributed by atoms with Crippen molar-refractivity contribution in [2.24, 2.45) is 11.3 Å². The molecule has 0 bridgehead atoms. The molecular formula is C16H28N2O2. The molecule has 1 N–H and O–H groups in total. The predicted molar refractivity (Wildman–Crippen MR) is 81.3 cm³/mol. The first-order valence-corrected chi connectivity index (χ1v) is 7.39. The Hall–Kier alpha value is -1.05. The van der Waals surface area contributed by atoms with E-state index >= 15 is 0 Å². The fraction of sp³-hybridized carbons (Fsp3) is 0.812. The van der Waals surface area contributed by atoms with Crippen LogP contribution in [0.5, 0.6) is 0 Å². The Bertz CT molecular complexity index is 374. The quantitative estimate of drug-likeness (QED) is 0.797. The number of amides is 1. The monoisotopic (exact) mass is 280 g/mol. The van der Waals surface area contributed by atoms with Gasteiger partial charge in [-0.2, -0.15) is 0 Å². The zero-order valence-corrected chi connectivity index (χ0v) is 13.5. The standard InChI is InChI=1S/C16H28N2O2/c1-13(2)7-6-8-18-9-10-20-14(12-18)11-17-15(19)16(3,4)5/h13-14H,8-12H2,1-5H3,(H,17,19)/t14-/m1/s1. The summed E-state index contributed by atoms with van der Waals surface area (Å²) < 4.78 is 5.69. The van der Waals surface area contributed by atoms with Crippen molar-refractivity contribution in [2.75, 3.05) is 32.8 Å². The van der Waals surface area contributed by atoms with E-state index in [1.54, 1.807) is 0 Å². The van der Waals surface area contributed by atoms with Gasteiger partial charge in [-0.3, -0.25) is 9.69 Å². The largest absolute Gasteiger partial charge is 0.374 e. The molecule has 1 aliphatic heterocycles. The number of nitrogens with one attached hydrogen (secondary N) is 1. The number of ether oxygens (including phenoxy) is 1. The van der Waals surface area contributed by atoms with Crippen molar-refractivity contribution in [2.45, 2.75) is 40.7 Å². The first-order valence-electron chi connectivity index (χ1n) is 7.39. The molecule has 0 aromatic heterocycles. The van der Waals surface area contributed by atoms with Crippen LogP contribution in [-0.4, -0.2) is 49.7 Å². The molecule has 0 unspecified atom stereocenters. The van der Waals surface area contributed by atoms with Gasteiger partial charge in [-0.15, -0.1) is 0 Å². The summed E-state index contributed by atoms with van der Waals surface area (Å²) in [4.78, 5) is 14.1. The highest BCUT2D eigenvalue weighted by Gasteiger charge is 2.24. The maximum atomic E-state index is 11.8. The van der Waals surface area contributed by atoms with Gasteiger partial charge >= 0.3 is 0 Å². The molecule has 4 nitrogen and oxygen atoms in total. The van der Waals surface area contributed by atoms with Crippen molar-refractivity contribution in [1.82, 2.24) is 10.2 Å². The molecule has 0 spiro atoms. The zero-order chi connectivity index (χ0) is 15.2. The molecule has 0 aromatic carbocycles. The van der Waals surface area contributed by atoms with Crippen molar-refractivity contribution in [3.8, 4) is 11.8 Å². The fourth-order valence-electron chi connectivity index (χ4n) is 1.88. The van der Waals surface area contributed by atoms with E-state index in [4.69, 9.17) is 4.74 Å². The van der Waals surface area contributed by atoms with E-state index in [-0.39, 0.29) is 17.4 Å². The maximum Gasteiger partial charge on any atom is 0.225 e. The third-order valence-electron chi connectivity index (χ3n) is 3.09. The number of hydrogen-bond donors (Lipinski definition) is 1. The highest BCUT2D eigenvalue weighted by molar-refractivity contribution is 5.81. The van der Waals surface area contributed by atoms with E-state index in [1.807, 2.05) is 20.8 Å². The normalized spacial score (nSPS) is 20.4. The summed E-state index contributed by atoms with van der Waals surface area (Å²) in [6, 6.07) is 0. The highest BCUT2D eigenvalue weighted by Crippen LogP contribution is 2.12. The molecule has 1 atom stereocenters. The van der Waals surface area contributed by atoms with Gasteiger partial charge in [-0.05, 0) is 0 Å². The lowest BCUT2D eigenvalue weighted by molar-refractivity contribution is -0.129. The van der Waals surface area contributed by atoms with E-state index in [0.29, 0.717) is 19.1 Å². The van der Waals surface area contributed by atoms with Crippen LogP contribution in [0.15, 0.2) is 0 Å². The van der Waals surface area contributed by atoms with Crippen molar-refractivity contribution < 1.29 is 9.53 Å². The van der Waals surface area contributed by atoms with E-state index in [0.717, 1.165) is 19.6 Å². The molecule has 1 heterocycles. The molecule has 1 amide bonds. The van der Waals surface area contributed by atoms with Crippen LogP contribution in [0.25, 0.3) is 0 Å². The molecule has 114 valence electrons. The molecule has 0 radical (unpaired) electrons. The van der Waals surface area contributed by atoms with Crippen LogP contribution in [0.2, 0.25) is 0 Å². The molecular weight excluding hydrogens is 252 g/mol. The lowest BCUT2D eigenvalue weighted by atomic mass is 9.95. The smallest absolute Gasteiger partial charge is 0.225 e. The molecule has 0 saturated carbocycles. The summed E-state index contributed by atoms with van der Waals surface area (Å²) in [5, 5.41) is 2.96. The number of carbonyl (C=O) groups is 1. The zero-order valence-electron chi connectivity index (χ0n) is 13.5. The summed E-state index contributed by atoms with van der Waals surface area (Å²) in [5.41, 5.74) is -0.350. The maximum absolute atomic E-state index is 11.8. The Morgan fingerprint density at radius 2 is 2.15 bits per heavy atom. The van der Waals surface area contributed by atoms with Crippen LogP contribution in [0, 0.1) is 23.2 Å². The summed E-state index contributed by atoms with van der Waals surface area (Å²) in [7, 11) is 0. The van der Waals surface area contributed by atoms with E-state index in [9.17, 15) is 4.79 Å². The van der Waals surface area contributed by atoms with Crippen LogP contribution in [0.4, 0.5) is 0 Å². The molecule has 0 aliphatic carbocycles. The average Bonchev–Trinajstić information content (AvgIpc) is 2.35. The average molecular weight is 280 g/mol. The second-order valence-corrected chi connectivity index (χ2v) is 6.66. The van der Waals surface area contributed by atoms with Crippen LogP contribution >= 0.6 is 0 Å². The number of hydrogen-bond acceptors (Lipinski definition) is 3. The SMILES string of the molecule is CC(C)C#CCN1CCO[C@H](CNC(=O)C(C)(C)C)C1. The predicted octanol–water partition coefficient (Wildman–Crippen LogP) is 1.51. The number of carbonyl (C=O) groups excluding carboxylic acids is 1. The first-order chi connectivity index (χ1) is 9.29. The minimum atomic E-state index is -0.350. The summed E-state index contributed by atoms with van der Waals surface area (Å²) >= 11 is 0. The van der Waals surface area contributed by atoms with Crippen LogP contribution in [-0.2, 0) is 9.53 Å². The van der Waals surface area contributed by atoms with E-state index < -0.39 is 0 Å². The second-order valence-electron chi connectivity index (χ2n) is 6.66. The molecule has 1 fully saturated rings. The van der Waals surface area contributed by atoms with Gasteiger partial charge in [0.2, 0.25) is 5.91 Å². The van der Waals surface area contributed by atoms with Gasteiger partial charge in [0.1, 0.15) is 0 Å². The Morgan fingerprint density at radius 3 is 2.75 bits per heavy atom. The highest BCUT2D eigenvalue weighted by atomic mass is 16.5. The molecule has 1 saturated heterocycles. The van der Waals surface area contributed by atoms with Gasteiger partial charge in [0.05, 0.1) is 19.3 Å². The van der Waals surface area contributed by atoms with Crippen molar-refractivity contribution in [3.63, 3.8) is 0 Å². The van der Waals surface area contributed by atoms with Crippen LogP contribution in [0.1, 0.15) is 34.6 Å². The Kier molecular flexibility index (Phi) is 6.51. The summed E-state index contributed by atoms with van der Waals surface area (Å²) in [5.74, 6) is 6.85. The van der Waals surface area contributed by atoms with Gasteiger partial charge in [-0.25, -0.2) is 0 Å². The van der Waals surface area contributed by atoms with Crippen molar-refractivity contribution >= 4 is 5.91 Å².